The highest BCUT2D eigenvalue weighted by molar-refractivity contribution is 6.00. The Morgan fingerprint density at radius 2 is 1.83 bits per heavy atom. The molecule has 2 aromatic heterocycles. The number of pyridine rings is 2. The standard InChI is InChI=1S/C22H14F3N3O/c1-12-21-20(28-16-6-2-3-7-18(16)29-21)14-9-8-13(11-17(14)27-12)19-15(22(23,24)25)5-4-10-26-19/h2-11,28H,1H3. The first kappa shape index (κ1) is 17.5. The molecule has 4 aromatic rings. The summed E-state index contributed by atoms with van der Waals surface area (Å²) < 4.78 is 46.2. The van der Waals surface area contributed by atoms with Gasteiger partial charge >= 0.3 is 6.18 Å². The Balaban J connectivity index is 1.68. The quantitative estimate of drug-likeness (QED) is 0.354. The molecule has 0 spiro atoms. The number of ether oxygens (including phenoxy) is 1. The van der Waals surface area contributed by atoms with Crippen LogP contribution in [0.25, 0.3) is 22.2 Å². The molecule has 7 heteroatoms. The third-order valence-corrected chi connectivity index (χ3v) is 4.86. The zero-order chi connectivity index (χ0) is 20.2. The van der Waals surface area contributed by atoms with E-state index < -0.39 is 11.7 Å². The molecule has 144 valence electrons. The topological polar surface area (TPSA) is 47.0 Å². The number of alkyl halides is 3. The molecule has 0 amide bonds. The van der Waals surface area contributed by atoms with Gasteiger partial charge in [-0.25, -0.2) is 4.98 Å². The minimum atomic E-state index is -4.49. The number of hydrogen-bond donors (Lipinski definition) is 1. The first-order valence-electron chi connectivity index (χ1n) is 8.92. The Kier molecular flexibility index (Phi) is 3.74. The number of hydrogen-bond acceptors (Lipinski definition) is 4. The molecule has 1 aliphatic rings. The summed E-state index contributed by atoms with van der Waals surface area (Å²) >= 11 is 0. The minimum Gasteiger partial charge on any atom is -0.451 e. The average molecular weight is 393 g/mol. The summed E-state index contributed by atoms with van der Waals surface area (Å²) in [6.07, 6.45) is -3.14. The number of rotatable bonds is 1. The Morgan fingerprint density at radius 1 is 1.00 bits per heavy atom. The normalized spacial score (nSPS) is 12.7. The first-order valence-corrected chi connectivity index (χ1v) is 8.92. The van der Waals surface area contributed by atoms with E-state index in [1.807, 2.05) is 31.2 Å². The molecule has 3 heterocycles. The molecule has 1 aliphatic heterocycles. The number of benzene rings is 2. The van der Waals surface area contributed by atoms with Crippen molar-refractivity contribution in [3.8, 4) is 22.8 Å². The lowest BCUT2D eigenvalue weighted by Gasteiger charge is -2.24. The number of halogens is 3. The highest BCUT2D eigenvalue weighted by Gasteiger charge is 2.34. The second-order valence-corrected chi connectivity index (χ2v) is 6.75. The number of aromatic nitrogens is 2. The van der Waals surface area contributed by atoms with E-state index in [1.54, 1.807) is 18.2 Å². The number of nitrogens with zero attached hydrogens (tertiary/aromatic N) is 2. The molecule has 0 saturated carbocycles. The van der Waals surface area contributed by atoms with Crippen molar-refractivity contribution in [3.63, 3.8) is 0 Å². The largest absolute Gasteiger partial charge is 0.451 e. The number of aryl methyl sites for hydroxylation is 1. The molecule has 0 aliphatic carbocycles. The van der Waals surface area contributed by atoms with Crippen molar-refractivity contribution in [2.24, 2.45) is 0 Å². The maximum atomic E-state index is 13.4. The summed E-state index contributed by atoms with van der Waals surface area (Å²) in [7, 11) is 0. The Hall–Kier alpha value is -3.61. The van der Waals surface area contributed by atoms with E-state index in [0.29, 0.717) is 28.3 Å². The number of para-hydroxylation sites is 2. The zero-order valence-electron chi connectivity index (χ0n) is 15.2. The molecule has 0 atom stereocenters. The summed E-state index contributed by atoms with van der Waals surface area (Å²) in [5.74, 6) is 1.31. The summed E-state index contributed by atoms with van der Waals surface area (Å²) in [4.78, 5) is 8.54. The number of nitrogens with one attached hydrogen (secondary N) is 1. The van der Waals surface area contributed by atoms with E-state index >= 15 is 0 Å². The van der Waals surface area contributed by atoms with Crippen molar-refractivity contribution in [2.45, 2.75) is 13.1 Å². The predicted molar refractivity (Wildman–Crippen MR) is 105 cm³/mol. The van der Waals surface area contributed by atoms with Crippen LogP contribution in [-0.4, -0.2) is 9.97 Å². The van der Waals surface area contributed by atoms with Crippen LogP contribution >= 0.6 is 0 Å². The van der Waals surface area contributed by atoms with E-state index in [1.165, 1.54) is 12.3 Å². The van der Waals surface area contributed by atoms with E-state index in [-0.39, 0.29) is 5.69 Å². The first-order chi connectivity index (χ1) is 13.9. The van der Waals surface area contributed by atoms with Crippen molar-refractivity contribution in [2.75, 3.05) is 5.32 Å². The van der Waals surface area contributed by atoms with Gasteiger partial charge in [-0.05, 0) is 43.3 Å². The average Bonchev–Trinajstić information content (AvgIpc) is 2.72. The molecule has 5 rings (SSSR count). The van der Waals surface area contributed by atoms with Gasteiger partial charge in [0.15, 0.2) is 11.5 Å². The monoisotopic (exact) mass is 393 g/mol. The highest BCUT2D eigenvalue weighted by Crippen LogP contribution is 2.46. The van der Waals surface area contributed by atoms with Crippen LogP contribution in [-0.2, 0) is 6.18 Å². The van der Waals surface area contributed by atoms with Crippen LogP contribution < -0.4 is 10.1 Å². The Bertz CT molecular complexity index is 1270. The molecular weight excluding hydrogens is 379 g/mol. The lowest BCUT2D eigenvalue weighted by molar-refractivity contribution is -0.137. The molecule has 1 N–H and O–H groups in total. The van der Waals surface area contributed by atoms with E-state index in [0.717, 1.165) is 22.8 Å². The van der Waals surface area contributed by atoms with Gasteiger partial charge < -0.3 is 10.1 Å². The lowest BCUT2D eigenvalue weighted by Crippen LogP contribution is -2.08. The molecule has 0 saturated heterocycles. The van der Waals surface area contributed by atoms with Gasteiger partial charge in [0.25, 0.3) is 0 Å². The van der Waals surface area contributed by atoms with Crippen LogP contribution in [0.15, 0.2) is 60.8 Å². The van der Waals surface area contributed by atoms with E-state index in [2.05, 4.69) is 15.3 Å². The van der Waals surface area contributed by atoms with E-state index in [9.17, 15) is 13.2 Å². The molecule has 0 unspecified atom stereocenters. The molecule has 0 fully saturated rings. The van der Waals surface area contributed by atoms with Gasteiger partial charge in [0, 0.05) is 17.1 Å². The van der Waals surface area contributed by atoms with Gasteiger partial charge in [0.2, 0.25) is 0 Å². The number of fused-ring (bicyclic) bond motifs is 4. The maximum Gasteiger partial charge on any atom is 0.418 e. The number of anilines is 2. The second kappa shape index (κ2) is 6.20. The molecule has 29 heavy (non-hydrogen) atoms. The van der Waals surface area contributed by atoms with Crippen molar-refractivity contribution >= 4 is 22.3 Å². The fraction of sp³-hybridized carbons (Fsp3) is 0.0909. The van der Waals surface area contributed by atoms with Crippen LogP contribution in [0, 0.1) is 6.92 Å². The van der Waals surface area contributed by atoms with Crippen molar-refractivity contribution in [3.05, 3.63) is 72.1 Å². The summed E-state index contributed by atoms with van der Waals surface area (Å²) in [6, 6.07) is 14.8. The van der Waals surface area contributed by atoms with Crippen LogP contribution in [0.4, 0.5) is 24.5 Å². The van der Waals surface area contributed by atoms with Crippen LogP contribution in [0.3, 0.4) is 0 Å². The third kappa shape index (κ3) is 2.86. The third-order valence-electron chi connectivity index (χ3n) is 4.86. The summed E-state index contributed by atoms with van der Waals surface area (Å²) in [5, 5.41) is 4.12. The lowest BCUT2D eigenvalue weighted by atomic mass is 10.0. The van der Waals surface area contributed by atoms with Gasteiger partial charge in [-0.1, -0.05) is 18.2 Å². The smallest absolute Gasteiger partial charge is 0.418 e. The van der Waals surface area contributed by atoms with Gasteiger partial charge in [-0.15, -0.1) is 0 Å². The Labute approximate surface area is 164 Å². The van der Waals surface area contributed by atoms with Crippen molar-refractivity contribution in [1.82, 2.24) is 9.97 Å². The fourth-order valence-corrected chi connectivity index (χ4v) is 3.53. The van der Waals surface area contributed by atoms with Crippen molar-refractivity contribution in [1.29, 1.82) is 0 Å². The maximum absolute atomic E-state index is 13.4. The molecular formula is C22H14F3N3O. The fourth-order valence-electron chi connectivity index (χ4n) is 3.53. The van der Waals surface area contributed by atoms with Crippen molar-refractivity contribution < 1.29 is 17.9 Å². The SMILES string of the molecule is Cc1nc2cc(-c3ncccc3C(F)(F)F)ccc2c2c1Oc1ccccc1N2. The minimum absolute atomic E-state index is 0.117. The highest BCUT2D eigenvalue weighted by atomic mass is 19.4. The van der Waals surface area contributed by atoms with Crippen LogP contribution in [0.5, 0.6) is 11.5 Å². The molecule has 2 aromatic carbocycles. The second-order valence-electron chi connectivity index (χ2n) is 6.75. The molecule has 0 bridgehead atoms. The van der Waals surface area contributed by atoms with Gasteiger partial charge in [0.1, 0.15) is 0 Å². The summed E-state index contributed by atoms with van der Waals surface area (Å²) in [5.41, 5.74) is 2.24. The van der Waals surface area contributed by atoms with E-state index in [4.69, 9.17) is 4.74 Å². The molecule has 4 nitrogen and oxygen atoms in total. The van der Waals surface area contributed by atoms with Crippen LogP contribution in [0.1, 0.15) is 11.3 Å². The van der Waals surface area contributed by atoms with Gasteiger partial charge in [-0.2, -0.15) is 13.2 Å². The molecule has 0 radical (unpaired) electrons. The Morgan fingerprint density at radius 3 is 2.66 bits per heavy atom. The predicted octanol–water partition coefficient (Wildman–Crippen LogP) is 6.47. The zero-order valence-corrected chi connectivity index (χ0v) is 15.2. The van der Waals surface area contributed by atoms with Gasteiger partial charge in [0.05, 0.1) is 33.8 Å². The van der Waals surface area contributed by atoms with Gasteiger partial charge in [-0.3, -0.25) is 4.98 Å². The summed E-state index contributed by atoms with van der Waals surface area (Å²) in [6.45, 7) is 1.81. The van der Waals surface area contributed by atoms with Crippen LogP contribution in [0.2, 0.25) is 0 Å².